The molecule has 1 aromatic carbocycles. The van der Waals surface area contributed by atoms with Gasteiger partial charge in [-0.2, -0.15) is 5.26 Å². The molecule has 0 aliphatic carbocycles. The van der Waals surface area contributed by atoms with E-state index in [-0.39, 0.29) is 12.0 Å². The van der Waals surface area contributed by atoms with Crippen LogP contribution in [0.4, 0.5) is 5.69 Å². The first-order chi connectivity index (χ1) is 12.7. The van der Waals surface area contributed by atoms with E-state index >= 15 is 0 Å². The first-order valence-electron chi connectivity index (χ1n) is 8.96. The second kappa shape index (κ2) is 9.48. The van der Waals surface area contributed by atoms with Crippen LogP contribution in [0.3, 0.4) is 0 Å². The zero-order chi connectivity index (χ0) is 18.2. The van der Waals surface area contributed by atoms with Gasteiger partial charge in [0.2, 0.25) is 0 Å². The highest BCUT2D eigenvalue weighted by atomic mass is 32.1. The van der Waals surface area contributed by atoms with Gasteiger partial charge in [-0.15, -0.1) is 11.3 Å². The quantitative estimate of drug-likeness (QED) is 0.747. The second-order valence-electron chi connectivity index (χ2n) is 6.60. The first kappa shape index (κ1) is 18.6. The molecule has 3 rings (SSSR count). The van der Waals surface area contributed by atoms with Crippen LogP contribution in [0.5, 0.6) is 0 Å². The molecule has 2 heterocycles. The number of carbonyl (C=O) groups is 1. The van der Waals surface area contributed by atoms with Crippen molar-refractivity contribution >= 4 is 22.9 Å². The molecule has 0 radical (unpaired) electrons. The molecule has 1 fully saturated rings. The zero-order valence-corrected chi connectivity index (χ0v) is 15.6. The van der Waals surface area contributed by atoms with Gasteiger partial charge in [-0.05, 0) is 42.0 Å². The van der Waals surface area contributed by atoms with Gasteiger partial charge >= 0.3 is 0 Å². The molecule has 136 valence electrons. The van der Waals surface area contributed by atoms with Crippen molar-refractivity contribution in [2.24, 2.45) is 0 Å². The maximum absolute atomic E-state index is 12.5. The Labute approximate surface area is 158 Å². The predicted octanol–water partition coefficient (Wildman–Crippen LogP) is 2.02. The van der Waals surface area contributed by atoms with E-state index in [1.165, 1.54) is 9.78 Å². The second-order valence-corrected chi connectivity index (χ2v) is 7.63. The van der Waals surface area contributed by atoms with Gasteiger partial charge in [0.25, 0.3) is 5.91 Å². The Kier molecular flexibility index (Phi) is 6.78. The molecule has 2 atom stereocenters. The highest BCUT2D eigenvalue weighted by Gasteiger charge is 2.24. The van der Waals surface area contributed by atoms with Gasteiger partial charge in [0.05, 0.1) is 17.4 Å². The smallest absolute Gasteiger partial charge is 0.279 e. The van der Waals surface area contributed by atoms with Gasteiger partial charge < -0.3 is 15.0 Å². The van der Waals surface area contributed by atoms with E-state index in [2.05, 4.69) is 22.8 Å². The molecule has 1 aromatic heterocycles. The van der Waals surface area contributed by atoms with Crippen LogP contribution >= 0.6 is 11.3 Å². The minimum atomic E-state index is 0.00239. The molecule has 2 aromatic rings. The molecule has 5 nitrogen and oxygen atoms in total. The summed E-state index contributed by atoms with van der Waals surface area (Å²) < 4.78 is 5.76. The Morgan fingerprint density at radius 2 is 2.19 bits per heavy atom. The van der Waals surface area contributed by atoms with Gasteiger partial charge in [0.1, 0.15) is 19.2 Å². The molecular weight excluding hydrogens is 346 g/mol. The average molecular weight is 370 g/mol. The molecule has 1 aliphatic rings. The van der Waals surface area contributed by atoms with E-state index in [1.54, 1.807) is 11.3 Å². The van der Waals surface area contributed by atoms with Crippen molar-refractivity contribution in [1.82, 2.24) is 0 Å². The van der Waals surface area contributed by atoms with Gasteiger partial charge in [0.15, 0.2) is 6.54 Å². The van der Waals surface area contributed by atoms with E-state index in [0.29, 0.717) is 13.0 Å². The van der Waals surface area contributed by atoms with Crippen molar-refractivity contribution in [3.63, 3.8) is 0 Å². The van der Waals surface area contributed by atoms with Gasteiger partial charge in [0, 0.05) is 12.3 Å². The Morgan fingerprint density at radius 3 is 2.85 bits per heavy atom. The van der Waals surface area contributed by atoms with Crippen LogP contribution in [0.2, 0.25) is 0 Å². The van der Waals surface area contributed by atoms with Crippen molar-refractivity contribution in [2.45, 2.75) is 31.9 Å². The van der Waals surface area contributed by atoms with Crippen molar-refractivity contribution in [3.8, 4) is 6.07 Å². The third kappa shape index (κ3) is 5.67. The summed E-state index contributed by atoms with van der Waals surface area (Å²) in [6.07, 6.45) is 2.82. The topological polar surface area (TPSA) is 66.6 Å². The number of nitriles is 1. The maximum Gasteiger partial charge on any atom is 0.279 e. The summed E-state index contributed by atoms with van der Waals surface area (Å²) in [7, 11) is 0. The monoisotopic (exact) mass is 370 g/mol. The van der Waals surface area contributed by atoms with E-state index in [9.17, 15) is 4.79 Å². The molecule has 1 unspecified atom stereocenters. The fraction of sp³-hybridized carbons (Fsp3) is 0.400. The first-order valence-corrected chi connectivity index (χ1v) is 9.84. The van der Waals surface area contributed by atoms with Crippen LogP contribution < -0.4 is 10.2 Å². The highest BCUT2D eigenvalue weighted by molar-refractivity contribution is 7.09. The van der Waals surface area contributed by atoms with E-state index in [0.717, 1.165) is 43.8 Å². The highest BCUT2D eigenvalue weighted by Crippen LogP contribution is 2.11. The van der Waals surface area contributed by atoms with Crippen molar-refractivity contribution in [2.75, 3.05) is 25.0 Å². The molecule has 1 aliphatic heterocycles. The summed E-state index contributed by atoms with van der Waals surface area (Å²) in [6, 6.07) is 13.7. The minimum absolute atomic E-state index is 0.00239. The van der Waals surface area contributed by atoms with Gasteiger partial charge in [-0.1, -0.05) is 18.2 Å². The summed E-state index contributed by atoms with van der Waals surface area (Å²) >= 11 is 1.73. The van der Waals surface area contributed by atoms with Crippen LogP contribution in [0.25, 0.3) is 0 Å². The Hall–Kier alpha value is -2.20. The van der Waals surface area contributed by atoms with Crippen molar-refractivity contribution in [3.05, 3.63) is 52.2 Å². The van der Waals surface area contributed by atoms with Gasteiger partial charge in [-0.25, -0.2) is 0 Å². The summed E-state index contributed by atoms with van der Waals surface area (Å²) in [5, 5.41) is 13.8. The Morgan fingerprint density at radius 1 is 1.35 bits per heavy atom. The molecule has 6 heteroatoms. The summed E-state index contributed by atoms with van der Waals surface area (Å²) in [4.78, 5) is 15.0. The van der Waals surface area contributed by atoms with Crippen LogP contribution in [-0.4, -0.2) is 31.7 Å². The fourth-order valence-electron chi connectivity index (χ4n) is 3.22. The van der Waals surface area contributed by atoms with Gasteiger partial charge in [-0.3, -0.25) is 4.79 Å². The SMILES string of the molecule is N#CCc1ccc(NC(=O)C[NH+](Cc2cccs2)C[C@H]2CCCO2)cc1. The molecule has 26 heavy (non-hydrogen) atoms. The number of anilines is 1. The number of nitrogens with one attached hydrogen (secondary N) is 2. The van der Waals surface area contributed by atoms with Crippen molar-refractivity contribution < 1.29 is 14.4 Å². The van der Waals surface area contributed by atoms with Crippen LogP contribution in [0.1, 0.15) is 23.3 Å². The summed E-state index contributed by atoms with van der Waals surface area (Å²) in [5.74, 6) is 0.00239. The Balaban J connectivity index is 1.57. The molecule has 0 saturated carbocycles. The zero-order valence-electron chi connectivity index (χ0n) is 14.7. The van der Waals surface area contributed by atoms with E-state index < -0.39 is 0 Å². The average Bonchev–Trinajstić information content (AvgIpc) is 3.31. The lowest BCUT2D eigenvalue weighted by atomic mass is 10.1. The number of carbonyl (C=O) groups excluding carboxylic acids is 1. The van der Waals surface area contributed by atoms with Crippen molar-refractivity contribution in [1.29, 1.82) is 5.26 Å². The number of amides is 1. The third-order valence-electron chi connectivity index (χ3n) is 4.48. The molecule has 1 amide bonds. The largest absolute Gasteiger partial charge is 0.372 e. The van der Waals surface area contributed by atoms with Crippen LogP contribution in [0.15, 0.2) is 41.8 Å². The van der Waals surface area contributed by atoms with E-state index in [1.807, 2.05) is 30.3 Å². The molecule has 2 N–H and O–H groups in total. The number of quaternary nitrogens is 1. The lowest BCUT2D eigenvalue weighted by Gasteiger charge is -2.21. The number of thiophene rings is 1. The number of rotatable bonds is 8. The molecule has 0 bridgehead atoms. The third-order valence-corrected chi connectivity index (χ3v) is 5.35. The predicted molar refractivity (Wildman–Crippen MR) is 102 cm³/mol. The number of benzene rings is 1. The lowest BCUT2D eigenvalue weighted by Crippen LogP contribution is -3.12. The summed E-state index contributed by atoms with van der Waals surface area (Å²) in [6.45, 7) is 2.94. The van der Waals surface area contributed by atoms with E-state index in [4.69, 9.17) is 10.00 Å². The van der Waals surface area contributed by atoms with Crippen LogP contribution in [-0.2, 0) is 22.5 Å². The Bertz CT molecular complexity index is 731. The number of nitrogens with zero attached hydrogens (tertiary/aromatic N) is 1. The fourth-order valence-corrected chi connectivity index (χ4v) is 4.00. The number of ether oxygens (including phenoxy) is 1. The summed E-state index contributed by atoms with van der Waals surface area (Å²) in [5.41, 5.74) is 1.72. The number of hydrogen-bond donors (Lipinski definition) is 2. The van der Waals surface area contributed by atoms with Crippen LogP contribution in [0, 0.1) is 11.3 Å². The number of hydrogen-bond acceptors (Lipinski definition) is 4. The molecule has 0 spiro atoms. The molecule has 1 saturated heterocycles. The normalized spacial score (nSPS) is 17.6. The molecular formula is C20H24N3O2S+. The minimum Gasteiger partial charge on any atom is -0.372 e. The maximum atomic E-state index is 12.5. The standard InChI is InChI=1S/C20H23N3O2S/c21-10-9-16-5-7-17(8-6-16)22-20(24)15-23(13-18-3-1-11-25-18)14-19-4-2-12-26-19/h2,4-8,12,18H,1,3,9,11,13-15H2,(H,22,24)/p+1/t18-/m1/s1. The lowest BCUT2D eigenvalue weighted by molar-refractivity contribution is -0.908.